The third-order valence-corrected chi connectivity index (χ3v) is 3.22. The number of anilines is 2. The maximum Gasteiger partial charge on any atom is 0.255 e. The van der Waals surface area contributed by atoms with Crippen molar-refractivity contribution in [2.24, 2.45) is 10.8 Å². The van der Waals surface area contributed by atoms with Crippen LogP contribution in [0.2, 0.25) is 0 Å². The first-order chi connectivity index (χ1) is 10.6. The Hall–Kier alpha value is -2.81. The maximum atomic E-state index is 10.7. The lowest BCUT2D eigenvalue weighted by molar-refractivity contribution is -0.119. The van der Waals surface area contributed by atoms with E-state index in [2.05, 4.69) is 15.5 Å². The molecule has 2 rings (SSSR count). The normalized spacial score (nSPS) is 10.6. The third kappa shape index (κ3) is 4.35. The first kappa shape index (κ1) is 15.6. The average molecular weight is 321 g/mol. The summed E-state index contributed by atoms with van der Waals surface area (Å²) in [6, 6.07) is 5.16. The molecule has 0 bridgehead atoms. The van der Waals surface area contributed by atoms with Gasteiger partial charge in [-0.05, 0) is 23.8 Å². The van der Waals surface area contributed by atoms with E-state index in [4.69, 9.17) is 20.9 Å². The lowest BCUT2D eigenvalue weighted by Crippen LogP contribution is -2.20. The standard InChI is InChI=1S/C13H15N5O3S/c1-20-10-4-8(2-3-9(10)21-6-12(15)19)5-16-18-13-17-11(14)7-22-13/h2-5,7H,6,14H2,1H3,(H2,15,19)(H,17,18). The van der Waals surface area contributed by atoms with Gasteiger partial charge in [-0.2, -0.15) is 5.10 Å². The molecule has 5 N–H and O–H groups in total. The number of hydrogen-bond acceptors (Lipinski definition) is 8. The van der Waals surface area contributed by atoms with Crippen molar-refractivity contribution >= 4 is 34.4 Å². The number of hydrogen-bond donors (Lipinski definition) is 3. The Balaban J connectivity index is 2.03. The summed E-state index contributed by atoms with van der Waals surface area (Å²) in [6.07, 6.45) is 1.60. The van der Waals surface area contributed by atoms with Crippen LogP contribution in [-0.4, -0.2) is 30.8 Å². The summed E-state index contributed by atoms with van der Waals surface area (Å²) in [5, 5.41) is 6.36. The van der Waals surface area contributed by atoms with Crippen LogP contribution < -0.4 is 26.4 Å². The Kier molecular flexibility index (Phi) is 5.15. The zero-order chi connectivity index (χ0) is 15.9. The minimum atomic E-state index is -0.556. The number of benzene rings is 1. The number of primary amides is 1. The number of thiazole rings is 1. The number of nitrogen functional groups attached to an aromatic ring is 1. The van der Waals surface area contributed by atoms with E-state index in [1.165, 1.54) is 18.4 Å². The number of nitrogens with two attached hydrogens (primary N) is 2. The molecule has 0 atom stereocenters. The predicted octanol–water partition coefficient (Wildman–Crippen LogP) is 1.04. The molecule has 1 heterocycles. The highest BCUT2D eigenvalue weighted by atomic mass is 32.1. The lowest BCUT2D eigenvalue weighted by Gasteiger charge is -2.09. The number of ether oxygens (including phenoxy) is 2. The van der Waals surface area contributed by atoms with Crippen LogP contribution in [0.15, 0.2) is 28.7 Å². The second kappa shape index (κ2) is 7.27. The lowest BCUT2D eigenvalue weighted by atomic mass is 10.2. The van der Waals surface area contributed by atoms with Crippen LogP contribution in [0.25, 0.3) is 0 Å². The molecular weight excluding hydrogens is 306 g/mol. The Labute approximate surface area is 130 Å². The Morgan fingerprint density at radius 1 is 1.50 bits per heavy atom. The Morgan fingerprint density at radius 2 is 2.32 bits per heavy atom. The van der Waals surface area contributed by atoms with Crippen LogP contribution in [0.3, 0.4) is 0 Å². The van der Waals surface area contributed by atoms with Gasteiger partial charge >= 0.3 is 0 Å². The molecule has 1 aromatic heterocycles. The van der Waals surface area contributed by atoms with E-state index in [9.17, 15) is 4.79 Å². The first-order valence-corrected chi connectivity index (χ1v) is 7.05. The van der Waals surface area contributed by atoms with Gasteiger partial charge in [0.2, 0.25) is 5.13 Å². The molecule has 9 heteroatoms. The van der Waals surface area contributed by atoms with Crippen molar-refractivity contribution in [3.63, 3.8) is 0 Å². The van der Waals surface area contributed by atoms with Gasteiger partial charge in [0.15, 0.2) is 18.1 Å². The minimum absolute atomic E-state index is 0.211. The summed E-state index contributed by atoms with van der Waals surface area (Å²) in [6.45, 7) is -0.211. The Morgan fingerprint density at radius 3 is 2.95 bits per heavy atom. The van der Waals surface area contributed by atoms with Crippen LogP contribution in [-0.2, 0) is 4.79 Å². The molecule has 0 aliphatic heterocycles. The zero-order valence-corrected chi connectivity index (χ0v) is 12.6. The highest BCUT2D eigenvalue weighted by molar-refractivity contribution is 7.14. The monoisotopic (exact) mass is 321 g/mol. The van der Waals surface area contributed by atoms with Crippen LogP contribution >= 0.6 is 11.3 Å². The maximum absolute atomic E-state index is 10.7. The highest BCUT2D eigenvalue weighted by Gasteiger charge is 2.06. The number of rotatable bonds is 7. The molecule has 0 aliphatic carbocycles. The largest absolute Gasteiger partial charge is 0.493 e. The van der Waals surface area contributed by atoms with E-state index in [1.54, 1.807) is 29.8 Å². The van der Waals surface area contributed by atoms with Crippen LogP contribution in [0, 0.1) is 0 Å². The summed E-state index contributed by atoms with van der Waals surface area (Å²) < 4.78 is 10.4. The van der Waals surface area contributed by atoms with Crippen LogP contribution in [0.4, 0.5) is 10.9 Å². The smallest absolute Gasteiger partial charge is 0.255 e. The van der Waals surface area contributed by atoms with Gasteiger partial charge in [-0.25, -0.2) is 4.98 Å². The molecule has 0 aliphatic rings. The number of hydrazone groups is 1. The third-order valence-electron chi connectivity index (χ3n) is 2.45. The molecule has 116 valence electrons. The number of carbonyl (C=O) groups excluding carboxylic acids is 1. The molecule has 8 nitrogen and oxygen atoms in total. The molecule has 1 amide bonds. The summed E-state index contributed by atoms with van der Waals surface area (Å²) in [7, 11) is 1.50. The number of nitrogens with one attached hydrogen (secondary N) is 1. The van der Waals surface area contributed by atoms with Crippen molar-refractivity contribution < 1.29 is 14.3 Å². The van der Waals surface area contributed by atoms with E-state index >= 15 is 0 Å². The van der Waals surface area contributed by atoms with E-state index in [-0.39, 0.29) is 6.61 Å². The summed E-state index contributed by atoms with van der Waals surface area (Å²) >= 11 is 1.35. The molecule has 2 aromatic rings. The molecule has 22 heavy (non-hydrogen) atoms. The topological polar surface area (TPSA) is 125 Å². The fourth-order valence-electron chi connectivity index (χ4n) is 1.53. The number of aromatic nitrogens is 1. The quantitative estimate of drug-likeness (QED) is 0.517. The number of amides is 1. The number of carbonyl (C=O) groups is 1. The molecule has 0 fully saturated rings. The van der Waals surface area contributed by atoms with Crippen molar-refractivity contribution in [1.29, 1.82) is 0 Å². The summed E-state index contributed by atoms with van der Waals surface area (Å²) in [4.78, 5) is 14.7. The van der Waals surface area contributed by atoms with Crippen molar-refractivity contribution in [3.05, 3.63) is 29.1 Å². The number of methoxy groups -OCH3 is 1. The van der Waals surface area contributed by atoms with E-state index in [0.29, 0.717) is 22.4 Å². The minimum Gasteiger partial charge on any atom is -0.493 e. The van der Waals surface area contributed by atoms with Gasteiger partial charge in [0.25, 0.3) is 5.91 Å². The van der Waals surface area contributed by atoms with Crippen LogP contribution in [0.1, 0.15) is 5.56 Å². The summed E-state index contributed by atoms with van der Waals surface area (Å²) in [5.41, 5.74) is 14.1. The van der Waals surface area contributed by atoms with Crippen molar-refractivity contribution in [2.45, 2.75) is 0 Å². The molecular formula is C13H15N5O3S. The second-order valence-electron chi connectivity index (χ2n) is 4.11. The average Bonchev–Trinajstić information content (AvgIpc) is 2.91. The van der Waals surface area contributed by atoms with Gasteiger partial charge < -0.3 is 20.9 Å². The van der Waals surface area contributed by atoms with Gasteiger partial charge in [-0.1, -0.05) is 0 Å². The summed E-state index contributed by atoms with van der Waals surface area (Å²) in [5.74, 6) is 0.794. The zero-order valence-electron chi connectivity index (χ0n) is 11.8. The second-order valence-corrected chi connectivity index (χ2v) is 4.97. The molecule has 0 saturated carbocycles. The SMILES string of the molecule is COc1cc(C=NNc2nc(N)cs2)ccc1OCC(N)=O. The van der Waals surface area contributed by atoms with E-state index < -0.39 is 5.91 Å². The van der Waals surface area contributed by atoms with Crippen molar-refractivity contribution in [3.8, 4) is 11.5 Å². The molecule has 0 radical (unpaired) electrons. The first-order valence-electron chi connectivity index (χ1n) is 6.17. The van der Waals surface area contributed by atoms with Gasteiger partial charge in [0.1, 0.15) is 5.82 Å². The van der Waals surface area contributed by atoms with Gasteiger partial charge in [-0.3, -0.25) is 10.2 Å². The molecule has 1 aromatic carbocycles. The van der Waals surface area contributed by atoms with Crippen molar-refractivity contribution in [1.82, 2.24) is 4.98 Å². The predicted molar refractivity (Wildman–Crippen MR) is 85.4 cm³/mol. The fraction of sp³-hybridized carbons (Fsp3) is 0.154. The number of nitrogens with zero attached hydrogens (tertiary/aromatic N) is 2. The highest BCUT2D eigenvalue weighted by Crippen LogP contribution is 2.27. The molecule has 0 saturated heterocycles. The van der Waals surface area contributed by atoms with E-state index in [0.717, 1.165) is 5.56 Å². The van der Waals surface area contributed by atoms with Crippen LogP contribution in [0.5, 0.6) is 11.5 Å². The molecule has 0 spiro atoms. The Bertz CT molecular complexity index is 686. The fourth-order valence-corrected chi connectivity index (χ4v) is 2.08. The van der Waals surface area contributed by atoms with Gasteiger partial charge in [0.05, 0.1) is 13.3 Å². The van der Waals surface area contributed by atoms with Crippen molar-refractivity contribution in [2.75, 3.05) is 24.9 Å². The van der Waals surface area contributed by atoms with E-state index in [1.807, 2.05) is 0 Å². The molecule has 0 unspecified atom stereocenters. The van der Waals surface area contributed by atoms with Gasteiger partial charge in [0, 0.05) is 5.38 Å². The van der Waals surface area contributed by atoms with Gasteiger partial charge in [-0.15, -0.1) is 11.3 Å².